The largest absolute Gasteiger partial charge is 0.491 e. The number of benzene rings is 2. The van der Waals surface area contributed by atoms with E-state index in [1.54, 1.807) is 37.4 Å². The maximum atomic E-state index is 13.9. The number of amides is 2. The van der Waals surface area contributed by atoms with E-state index in [0.717, 1.165) is 17.7 Å². The Labute approximate surface area is 156 Å². The minimum Gasteiger partial charge on any atom is -0.491 e. The lowest BCUT2D eigenvalue weighted by molar-refractivity contribution is 0.146. The van der Waals surface area contributed by atoms with Gasteiger partial charge in [-0.25, -0.2) is 9.18 Å². The summed E-state index contributed by atoms with van der Waals surface area (Å²) in [6.07, 6.45) is 0.765. The summed E-state index contributed by atoms with van der Waals surface area (Å²) < 4.78 is 24.3. The highest BCUT2D eigenvalue weighted by atomic mass is 32.2. The van der Waals surface area contributed by atoms with Gasteiger partial charge in [-0.15, -0.1) is 11.8 Å². The van der Waals surface area contributed by atoms with Gasteiger partial charge in [0.05, 0.1) is 12.6 Å². The number of hydrogen-bond donors (Lipinski definition) is 2. The maximum Gasteiger partial charge on any atom is 0.319 e. The highest BCUT2D eigenvalue weighted by Crippen LogP contribution is 2.37. The van der Waals surface area contributed by atoms with E-state index in [9.17, 15) is 9.18 Å². The fourth-order valence-corrected chi connectivity index (χ4v) is 3.88. The number of halogens is 1. The van der Waals surface area contributed by atoms with Gasteiger partial charge in [0.2, 0.25) is 0 Å². The predicted molar refractivity (Wildman–Crippen MR) is 100 cm³/mol. The summed E-state index contributed by atoms with van der Waals surface area (Å²) in [6, 6.07) is 11.6. The molecule has 1 atom stereocenters. The molecule has 138 valence electrons. The number of carbonyl (C=O) groups is 1. The van der Waals surface area contributed by atoms with Gasteiger partial charge in [-0.2, -0.15) is 0 Å². The van der Waals surface area contributed by atoms with Crippen LogP contribution in [0.25, 0.3) is 0 Å². The van der Waals surface area contributed by atoms with Crippen molar-refractivity contribution < 1.29 is 18.7 Å². The normalized spacial score (nSPS) is 15.8. The van der Waals surface area contributed by atoms with Crippen LogP contribution in [0.2, 0.25) is 0 Å². The molecule has 2 amide bonds. The van der Waals surface area contributed by atoms with Crippen LogP contribution in [0.1, 0.15) is 18.0 Å². The van der Waals surface area contributed by atoms with Crippen molar-refractivity contribution in [3.05, 3.63) is 53.8 Å². The van der Waals surface area contributed by atoms with Gasteiger partial charge in [0.1, 0.15) is 18.2 Å². The molecule has 0 aromatic heterocycles. The van der Waals surface area contributed by atoms with E-state index in [1.807, 2.05) is 6.07 Å². The second-order valence-corrected chi connectivity index (χ2v) is 6.92. The second kappa shape index (κ2) is 8.91. The van der Waals surface area contributed by atoms with Crippen molar-refractivity contribution >= 4 is 23.5 Å². The number of nitrogens with one attached hydrogen (secondary N) is 2. The summed E-state index contributed by atoms with van der Waals surface area (Å²) in [4.78, 5) is 12.9. The van der Waals surface area contributed by atoms with Gasteiger partial charge >= 0.3 is 6.03 Å². The highest BCUT2D eigenvalue weighted by molar-refractivity contribution is 7.99. The average molecular weight is 376 g/mol. The molecule has 2 aromatic rings. The third-order valence-corrected chi connectivity index (χ3v) is 5.16. The van der Waals surface area contributed by atoms with E-state index in [-0.39, 0.29) is 17.9 Å². The van der Waals surface area contributed by atoms with Crippen molar-refractivity contribution in [3.63, 3.8) is 0 Å². The van der Waals surface area contributed by atoms with Gasteiger partial charge in [0, 0.05) is 23.4 Å². The Morgan fingerprint density at radius 1 is 1.23 bits per heavy atom. The van der Waals surface area contributed by atoms with Crippen LogP contribution in [0.5, 0.6) is 5.75 Å². The van der Waals surface area contributed by atoms with Crippen LogP contribution in [0.15, 0.2) is 47.4 Å². The van der Waals surface area contributed by atoms with Crippen molar-refractivity contribution in [1.29, 1.82) is 0 Å². The van der Waals surface area contributed by atoms with Crippen LogP contribution >= 0.6 is 11.8 Å². The Balaban J connectivity index is 1.57. The number of thioether (sulfide) groups is 1. The second-order valence-electron chi connectivity index (χ2n) is 5.81. The molecule has 1 unspecified atom stereocenters. The quantitative estimate of drug-likeness (QED) is 0.742. The van der Waals surface area contributed by atoms with Crippen LogP contribution < -0.4 is 15.4 Å². The Morgan fingerprint density at radius 2 is 2.04 bits per heavy atom. The molecule has 2 aromatic carbocycles. The van der Waals surface area contributed by atoms with Crippen molar-refractivity contribution in [2.75, 3.05) is 31.4 Å². The molecule has 1 heterocycles. The molecule has 0 aliphatic carbocycles. The number of carbonyl (C=O) groups excluding carboxylic acids is 1. The summed E-state index contributed by atoms with van der Waals surface area (Å²) in [7, 11) is 1.62. The summed E-state index contributed by atoms with van der Waals surface area (Å²) in [5.74, 6) is 1.25. The minimum absolute atomic E-state index is 0.196. The van der Waals surface area contributed by atoms with Crippen molar-refractivity contribution in [2.45, 2.75) is 17.4 Å². The zero-order valence-corrected chi connectivity index (χ0v) is 15.3. The molecular weight excluding hydrogens is 355 g/mol. The number of hydrogen-bond acceptors (Lipinski definition) is 4. The molecule has 7 heteroatoms. The first kappa shape index (κ1) is 18.5. The fourth-order valence-electron chi connectivity index (χ4n) is 2.74. The van der Waals surface area contributed by atoms with E-state index >= 15 is 0 Å². The summed E-state index contributed by atoms with van der Waals surface area (Å²) in [5.41, 5.74) is 1.49. The van der Waals surface area contributed by atoms with E-state index in [1.165, 1.54) is 17.8 Å². The zero-order valence-electron chi connectivity index (χ0n) is 14.5. The lowest BCUT2D eigenvalue weighted by Gasteiger charge is -2.26. The number of anilines is 1. The van der Waals surface area contributed by atoms with E-state index in [4.69, 9.17) is 9.47 Å². The van der Waals surface area contributed by atoms with Crippen LogP contribution in [0, 0.1) is 5.82 Å². The molecule has 2 N–H and O–H groups in total. The number of fused-ring (bicyclic) bond motifs is 1. The molecule has 0 spiro atoms. The first-order valence-electron chi connectivity index (χ1n) is 8.38. The first-order chi connectivity index (χ1) is 12.7. The van der Waals surface area contributed by atoms with Crippen LogP contribution in [-0.4, -0.2) is 32.1 Å². The van der Waals surface area contributed by atoms with Gasteiger partial charge in [-0.1, -0.05) is 12.1 Å². The minimum atomic E-state index is -0.315. The van der Waals surface area contributed by atoms with Crippen molar-refractivity contribution in [3.8, 4) is 5.75 Å². The average Bonchev–Trinajstić information content (AvgIpc) is 2.64. The Bertz CT molecular complexity index is 755. The molecule has 0 saturated carbocycles. The molecule has 1 aliphatic heterocycles. The van der Waals surface area contributed by atoms with Gasteiger partial charge < -0.3 is 20.1 Å². The maximum absolute atomic E-state index is 13.9. The van der Waals surface area contributed by atoms with E-state index in [0.29, 0.717) is 29.5 Å². The number of urea groups is 1. The molecule has 0 radical (unpaired) electrons. The molecule has 5 nitrogen and oxygen atoms in total. The Kier molecular flexibility index (Phi) is 6.35. The van der Waals surface area contributed by atoms with E-state index < -0.39 is 0 Å². The van der Waals surface area contributed by atoms with Crippen LogP contribution in [0.4, 0.5) is 14.9 Å². The number of methoxy groups -OCH3 is 1. The van der Waals surface area contributed by atoms with Gasteiger partial charge in [-0.3, -0.25) is 0 Å². The number of rotatable bonds is 6. The standard InChI is InChI=1S/C19H21FN2O3S/c1-24-10-11-25-14-7-5-13(6-8-14)21-19(23)22-17-9-12-26-18-15(17)3-2-4-16(18)20/h2-8,17H,9-12H2,1H3,(H2,21,22,23). The van der Waals surface area contributed by atoms with Gasteiger partial charge in [0.25, 0.3) is 0 Å². The lowest BCUT2D eigenvalue weighted by atomic mass is 10.0. The highest BCUT2D eigenvalue weighted by Gasteiger charge is 2.24. The Hall–Kier alpha value is -2.25. The fraction of sp³-hybridized carbons (Fsp3) is 0.316. The summed E-state index contributed by atoms with van der Waals surface area (Å²) in [6.45, 7) is 0.990. The molecule has 0 fully saturated rings. The molecule has 3 rings (SSSR count). The third kappa shape index (κ3) is 4.68. The lowest BCUT2D eigenvalue weighted by Crippen LogP contribution is -2.34. The molecule has 26 heavy (non-hydrogen) atoms. The topological polar surface area (TPSA) is 59.6 Å². The zero-order chi connectivity index (χ0) is 18.4. The predicted octanol–water partition coefficient (Wildman–Crippen LogP) is 4.21. The molecule has 0 saturated heterocycles. The SMILES string of the molecule is COCCOc1ccc(NC(=O)NC2CCSc3c(F)cccc32)cc1. The van der Waals surface area contributed by atoms with Crippen molar-refractivity contribution in [1.82, 2.24) is 5.32 Å². The third-order valence-electron chi connectivity index (χ3n) is 4.00. The molecular formula is C19H21FN2O3S. The summed E-state index contributed by atoms with van der Waals surface area (Å²) in [5, 5.41) is 5.73. The Morgan fingerprint density at radius 3 is 2.81 bits per heavy atom. The van der Waals surface area contributed by atoms with Gasteiger partial charge in [0.15, 0.2) is 0 Å². The monoisotopic (exact) mass is 376 g/mol. The summed E-state index contributed by atoms with van der Waals surface area (Å²) >= 11 is 1.49. The van der Waals surface area contributed by atoms with Crippen LogP contribution in [-0.2, 0) is 4.74 Å². The van der Waals surface area contributed by atoms with Gasteiger partial charge in [-0.05, 0) is 42.3 Å². The van der Waals surface area contributed by atoms with Crippen LogP contribution in [0.3, 0.4) is 0 Å². The smallest absolute Gasteiger partial charge is 0.319 e. The first-order valence-corrected chi connectivity index (χ1v) is 9.36. The molecule has 1 aliphatic rings. The number of ether oxygens (including phenoxy) is 2. The van der Waals surface area contributed by atoms with Crippen molar-refractivity contribution in [2.24, 2.45) is 0 Å². The molecule has 0 bridgehead atoms. The van der Waals surface area contributed by atoms with E-state index in [2.05, 4.69) is 10.6 Å².